The standard InChI is InChI=1S/C21H22FN5O2/c1-2-23-21(28)27-13-11-26(12-14-27)16-9-7-15(8-10-16)19-24-20(29-25-19)17-5-3-4-6-18(17)22/h3-10H,2,11-14H2,1H3,(H,23,28). The van der Waals surface area contributed by atoms with E-state index in [1.807, 2.05) is 36.1 Å². The molecule has 1 fully saturated rings. The van der Waals surface area contributed by atoms with Gasteiger partial charge >= 0.3 is 6.03 Å². The molecule has 3 aromatic rings. The highest BCUT2D eigenvalue weighted by atomic mass is 19.1. The van der Waals surface area contributed by atoms with E-state index >= 15 is 0 Å². The number of nitrogens with zero attached hydrogens (tertiary/aromatic N) is 4. The average molecular weight is 395 g/mol. The van der Waals surface area contributed by atoms with E-state index in [-0.39, 0.29) is 17.5 Å². The number of urea groups is 1. The minimum absolute atomic E-state index is 0.00902. The Morgan fingerprint density at radius 3 is 2.52 bits per heavy atom. The molecular formula is C21H22FN5O2. The van der Waals surface area contributed by atoms with Crippen LogP contribution in [0.5, 0.6) is 0 Å². The molecule has 1 aliphatic heterocycles. The number of rotatable bonds is 4. The summed E-state index contributed by atoms with van der Waals surface area (Å²) in [5, 5.41) is 6.81. The zero-order chi connectivity index (χ0) is 20.2. The number of hydrogen-bond donors (Lipinski definition) is 1. The molecule has 2 aromatic carbocycles. The van der Waals surface area contributed by atoms with Crippen LogP contribution in [0.1, 0.15) is 6.92 Å². The van der Waals surface area contributed by atoms with Gasteiger partial charge in [0.25, 0.3) is 5.89 Å². The van der Waals surface area contributed by atoms with E-state index in [1.165, 1.54) is 6.07 Å². The van der Waals surface area contributed by atoms with Crippen LogP contribution in [0.3, 0.4) is 0 Å². The van der Waals surface area contributed by atoms with Crippen molar-refractivity contribution in [2.24, 2.45) is 0 Å². The number of aromatic nitrogens is 2. The number of anilines is 1. The van der Waals surface area contributed by atoms with E-state index in [0.29, 0.717) is 25.5 Å². The van der Waals surface area contributed by atoms with E-state index in [0.717, 1.165) is 24.3 Å². The summed E-state index contributed by atoms with van der Waals surface area (Å²) in [7, 11) is 0. The Labute approximate surface area is 168 Å². The van der Waals surface area contributed by atoms with Crippen molar-refractivity contribution in [2.45, 2.75) is 6.92 Å². The van der Waals surface area contributed by atoms with E-state index in [9.17, 15) is 9.18 Å². The molecule has 0 saturated carbocycles. The maximum Gasteiger partial charge on any atom is 0.317 e. The molecule has 1 N–H and O–H groups in total. The van der Waals surface area contributed by atoms with Crippen molar-refractivity contribution < 1.29 is 13.7 Å². The summed E-state index contributed by atoms with van der Waals surface area (Å²) < 4.78 is 19.1. The van der Waals surface area contributed by atoms with Gasteiger partial charge in [0.15, 0.2) is 0 Å². The fraction of sp³-hybridized carbons (Fsp3) is 0.286. The van der Waals surface area contributed by atoms with Crippen molar-refractivity contribution in [3.05, 3.63) is 54.3 Å². The molecule has 0 aliphatic carbocycles. The molecule has 0 unspecified atom stereocenters. The van der Waals surface area contributed by atoms with Gasteiger partial charge in [-0.15, -0.1) is 0 Å². The van der Waals surface area contributed by atoms with E-state index in [1.54, 1.807) is 18.2 Å². The van der Waals surface area contributed by atoms with Gasteiger partial charge in [-0.05, 0) is 43.3 Å². The van der Waals surface area contributed by atoms with Gasteiger partial charge in [0.2, 0.25) is 5.82 Å². The number of piperazine rings is 1. The Balaban J connectivity index is 1.43. The number of carbonyl (C=O) groups is 1. The Hall–Kier alpha value is -3.42. The highest BCUT2D eigenvalue weighted by Gasteiger charge is 2.21. The Bertz CT molecular complexity index is 981. The molecule has 0 spiro atoms. The van der Waals surface area contributed by atoms with Crippen molar-refractivity contribution in [1.29, 1.82) is 0 Å². The van der Waals surface area contributed by atoms with Crippen LogP contribution in [-0.4, -0.2) is 53.8 Å². The van der Waals surface area contributed by atoms with Crippen molar-refractivity contribution in [2.75, 3.05) is 37.6 Å². The van der Waals surface area contributed by atoms with Gasteiger partial charge < -0.3 is 19.6 Å². The van der Waals surface area contributed by atoms with Crippen molar-refractivity contribution in [3.8, 4) is 22.8 Å². The van der Waals surface area contributed by atoms with Crippen LogP contribution in [0, 0.1) is 5.82 Å². The first-order valence-corrected chi connectivity index (χ1v) is 9.62. The van der Waals surface area contributed by atoms with E-state index in [4.69, 9.17) is 4.52 Å². The molecule has 1 aliphatic rings. The first kappa shape index (κ1) is 18.9. The quantitative estimate of drug-likeness (QED) is 0.733. The molecule has 2 heterocycles. The van der Waals surface area contributed by atoms with Crippen LogP contribution in [0.4, 0.5) is 14.9 Å². The third-order valence-corrected chi connectivity index (χ3v) is 4.92. The van der Waals surface area contributed by atoms with Gasteiger partial charge in [-0.1, -0.05) is 17.3 Å². The molecule has 0 atom stereocenters. The Kier molecular flexibility index (Phi) is 5.41. The first-order chi connectivity index (χ1) is 14.2. The second-order valence-corrected chi connectivity index (χ2v) is 6.76. The van der Waals surface area contributed by atoms with Gasteiger partial charge in [-0.3, -0.25) is 0 Å². The van der Waals surface area contributed by atoms with E-state index < -0.39 is 5.82 Å². The average Bonchev–Trinajstić information content (AvgIpc) is 3.24. The second kappa shape index (κ2) is 8.30. The maximum atomic E-state index is 13.9. The highest BCUT2D eigenvalue weighted by Crippen LogP contribution is 2.26. The molecular weight excluding hydrogens is 373 g/mol. The fourth-order valence-corrected chi connectivity index (χ4v) is 3.34. The smallest absolute Gasteiger partial charge is 0.317 e. The lowest BCUT2D eigenvalue weighted by atomic mass is 10.1. The lowest BCUT2D eigenvalue weighted by Gasteiger charge is -2.36. The molecule has 8 heteroatoms. The molecule has 1 saturated heterocycles. The maximum absolute atomic E-state index is 13.9. The van der Waals surface area contributed by atoms with Crippen LogP contribution in [0.25, 0.3) is 22.8 Å². The largest absolute Gasteiger partial charge is 0.368 e. The zero-order valence-electron chi connectivity index (χ0n) is 16.1. The number of hydrogen-bond acceptors (Lipinski definition) is 5. The summed E-state index contributed by atoms with van der Waals surface area (Å²) in [6.45, 7) is 5.47. The number of halogens is 1. The van der Waals surface area contributed by atoms with Crippen molar-refractivity contribution in [3.63, 3.8) is 0 Å². The number of benzene rings is 2. The van der Waals surface area contributed by atoms with Gasteiger partial charge in [-0.25, -0.2) is 9.18 Å². The first-order valence-electron chi connectivity index (χ1n) is 9.62. The Morgan fingerprint density at radius 1 is 1.10 bits per heavy atom. The number of nitrogens with one attached hydrogen (secondary N) is 1. The normalized spacial score (nSPS) is 14.1. The molecule has 1 aromatic heterocycles. The molecule has 0 bridgehead atoms. The van der Waals surface area contributed by atoms with Gasteiger partial charge in [0.05, 0.1) is 5.56 Å². The molecule has 150 valence electrons. The number of amides is 2. The summed E-state index contributed by atoms with van der Waals surface area (Å²) in [4.78, 5) is 20.3. The van der Waals surface area contributed by atoms with Crippen LogP contribution in [0.2, 0.25) is 0 Å². The van der Waals surface area contributed by atoms with Crippen LogP contribution in [-0.2, 0) is 0 Å². The van der Waals surface area contributed by atoms with Gasteiger partial charge in [0.1, 0.15) is 5.82 Å². The molecule has 2 amide bonds. The predicted octanol–water partition coefficient (Wildman–Crippen LogP) is 3.39. The van der Waals surface area contributed by atoms with Gasteiger partial charge in [0, 0.05) is 44.0 Å². The van der Waals surface area contributed by atoms with Crippen LogP contribution < -0.4 is 10.2 Å². The summed E-state index contributed by atoms with van der Waals surface area (Å²) in [5.74, 6) is 0.171. The monoisotopic (exact) mass is 395 g/mol. The Morgan fingerprint density at radius 2 is 1.83 bits per heavy atom. The SMILES string of the molecule is CCNC(=O)N1CCN(c2ccc(-c3noc(-c4ccccc4F)n3)cc2)CC1. The minimum atomic E-state index is -0.398. The fourth-order valence-electron chi connectivity index (χ4n) is 3.34. The predicted molar refractivity (Wildman–Crippen MR) is 108 cm³/mol. The van der Waals surface area contributed by atoms with E-state index in [2.05, 4.69) is 20.4 Å². The second-order valence-electron chi connectivity index (χ2n) is 6.76. The summed E-state index contributed by atoms with van der Waals surface area (Å²) >= 11 is 0. The third kappa shape index (κ3) is 4.06. The highest BCUT2D eigenvalue weighted by molar-refractivity contribution is 5.74. The lowest BCUT2D eigenvalue weighted by Crippen LogP contribution is -2.51. The topological polar surface area (TPSA) is 74.5 Å². The van der Waals surface area contributed by atoms with Crippen LogP contribution >= 0.6 is 0 Å². The molecule has 29 heavy (non-hydrogen) atoms. The third-order valence-electron chi connectivity index (χ3n) is 4.92. The summed E-state index contributed by atoms with van der Waals surface area (Å²) in [6.07, 6.45) is 0. The van der Waals surface area contributed by atoms with Crippen molar-refractivity contribution >= 4 is 11.7 Å². The molecule has 7 nitrogen and oxygen atoms in total. The van der Waals surface area contributed by atoms with Crippen LogP contribution in [0.15, 0.2) is 53.1 Å². The minimum Gasteiger partial charge on any atom is -0.368 e. The molecule has 0 radical (unpaired) electrons. The zero-order valence-corrected chi connectivity index (χ0v) is 16.1. The summed E-state index contributed by atoms with van der Waals surface area (Å²) in [6, 6.07) is 14.1. The van der Waals surface area contributed by atoms with Crippen molar-refractivity contribution in [1.82, 2.24) is 20.4 Å². The molecule has 4 rings (SSSR count). The number of carbonyl (C=O) groups excluding carboxylic acids is 1. The van der Waals surface area contributed by atoms with Gasteiger partial charge in [-0.2, -0.15) is 4.98 Å². The lowest BCUT2D eigenvalue weighted by molar-refractivity contribution is 0.195. The summed E-state index contributed by atoms with van der Waals surface area (Å²) in [5.41, 5.74) is 2.15.